The van der Waals surface area contributed by atoms with Crippen molar-refractivity contribution in [3.63, 3.8) is 0 Å². The molecule has 2 aromatic carbocycles. The zero-order valence-corrected chi connectivity index (χ0v) is 20.3. The molecule has 0 spiro atoms. The first-order chi connectivity index (χ1) is 16.0. The Morgan fingerprint density at radius 2 is 1.76 bits per heavy atom. The van der Waals surface area contributed by atoms with Gasteiger partial charge in [0.1, 0.15) is 4.70 Å². The van der Waals surface area contributed by atoms with Crippen molar-refractivity contribution in [2.45, 2.75) is 48.7 Å². The van der Waals surface area contributed by atoms with Gasteiger partial charge in [-0.15, -0.1) is 0 Å². The van der Waals surface area contributed by atoms with E-state index in [1.165, 1.54) is 11.1 Å². The molecule has 1 saturated carbocycles. The zero-order chi connectivity index (χ0) is 22.8. The van der Waals surface area contributed by atoms with Gasteiger partial charge in [-0.05, 0) is 31.4 Å². The van der Waals surface area contributed by atoms with E-state index in [4.69, 9.17) is 15.0 Å². The van der Waals surface area contributed by atoms with Gasteiger partial charge < -0.3 is 15.7 Å². The van der Waals surface area contributed by atoms with Gasteiger partial charge in [-0.2, -0.15) is 4.98 Å². The predicted molar refractivity (Wildman–Crippen MR) is 137 cm³/mol. The normalized spacial score (nSPS) is 17.8. The van der Waals surface area contributed by atoms with E-state index in [0.29, 0.717) is 22.8 Å². The molecule has 0 saturated heterocycles. The lowest BCUT2D eigenvalue weighted by atomic mass is 10.1. The lowest BCUT2D eigenvalue weighted by molar-refractivity contribution is 0.234. The molecule has 1 fully saturated rings. The van der Waals surface area contributed by atoms with Crippen LogP contribution in [0.4, 0.5) is 10.9 Å². The predicted octanol–water partition coefficient (Wildman–Crippen LogP) is 5.53. The lowest BCUT2D eigenvalue weighted by Gasteiger charge is -2.24. The summed E-state index contributed by atoms with van der Waals surface area (Å²) in [5, 5.41) is 18.3. The maximum absolute atomic E-state index is 9.78. The third-order valence-electron chi connectivity index (χ3n) is 5.62. The Morgan fingerprint density at radius 1 is 1.03 bits per heavy atom. The average Bonchev–Trinajstić information content (AvgIpc) is 3.47. The highest BCUT2D eigenvalue weighted by atomic mass is 32.2. The Labute approximate surface area is 201 Å². The molecule has 2 aromatic heterocycles. The number of rotatable bonds is 9. The largest absolute Gasteiger partial charge is 0.394 e. The number of anilines is 2. The summed E-state index contributed by atoms with van der Waals surface area (Å²) in [5.74, 6) is 2.02. The molecule has 0 unspecified atom stereocenters. The van der Waals surface area contributed by atoms with E-state index in [1.54, 1.807) is 23.1 Å². The minimum Gasteiger partial charge on any atom is -0.394 e. The Balaban J connectivity index is 1.39. The number of hydrogen-bond acceptors (Lipinski definition) is 8. The van der Waals surface area contributed by atoms with Crippen LogP contribution in [0.25, 0.3) is 10.3 Å². The molecule has 4 aromatic rings. The van der Waals surface area contributed by atoms with Crippen molar-refractivity contribution >= 4 is 44.4 Å². The molecule has 3 N–H and O–H groups in total. The highest BCUT2D eigenvalue weighted by Crippen LogP contribution is 2.44. The van der Waals surface area contributed by atoms with Gasteiger partial charge in [-0.3, -0.25) is 0 Å². The highest BCUT2D eigenvalue weighted by Gasteiger charge is 2.39. The SMILES string of the molecule is CC(C)(CO)Nc1nc(SCc2ccccc2)nc2nc(N[C@@H]3C[C@H]3c3ccccc3)sc12. The first-order valence-electron chi connectivity index (χ1n) is 11.1. The maximum Gasteiger partial charge on any atom is 0.191 e. The molecular formula is C25H27N5OS2. The minimum atomic E-state index is -0.505. The summed E-state index contributed by atoms with van der Waals surface area (Å²) in [6, 6.07) is 21.3. The lowest BCUT2D eigenvalue weighted by Crippen LogP contribution is -2.35. The van der Waals surface area contributed by atoms with Gasteiger partial charge in [0.2, 0.25) is 0 Å². The third kappa shape index (κ3) is 5.29. The van der Waals surface area contributed by atoms with Crippen LogP contribution in [0.5, 0.6) is 0 Å². The Morgan fingerprint density at radius 3 is 2.48 bits per heavy atom. The summed E-state index contributed by atoms with van der Waals surface area (Å²) in [6.07, 6.45) is 1.10. The van der Waals surface area contributed by atoms with E-state index in [2.05, 4.69) is 53.1 Å². The number of nitrogens with zero attached hydrogens (tertiary/aromatic N) is 3. The molecule has 5 rings (SSSR count). The number of benzene rings is 2. The van der Waals surface area contributed by atoms with Gasteiger partial charge >= 0.3 is 0 Å². The van der Waals surface area contributed by atoms with Gasteiger partial charge in [0, 0.05) is 17.7 Å². The number of fused-ring (bicyclic) bond motifs is 1. The number of aliphatic hydroxyl groups excluding tert-OH is 1. The molecular weight excluding hydrogens is 450 g/mol. The van der Waals surface area contributed by atoms with Crippen molar-refractivity contribution in [1.29, 1.82) is 0 Å². The molecule has 0 aliphatic heterocycles. The highest BCUT2D eigenvalue weighted by molar-refractivity contribution is 7.98. The standard InChI is InChI=1S/C25H27N5OS2/c1-25(2,15-31)30-22-20-21(27-23(29-22)32-14-16-9-5-3-6-10-16)28-24(33-20)26-19-13-18(19)17-11-7-4-8-12-17/h3-12,18-19,31H,13-15H2,1-2H3,(H2,26,27,28,29,30)/t18-,19+/m0/s1. The van der Waals surface area contributed by atoms with Crippen molar-refractivity contribution in [2.75, 3.05) is 17.2 Å². The molecule has 0 bridgehead atoms. The fraction of sp³-hybridized carbons (Fsp3) is 0.320. The minimum absolute atomic E-state index is 0.00424. The molecule has 2 atom stereocenters. The molecule has 1 aliphatic carbocycles. The third-order valence-corrected chi connectivity index (χ3v) is 7.52. The van der Waals surface area contributed by atoms with Crippen LogP contribution >= 0.6 is 23.1 Å². The smallest absolute Gasteiger partial charge is 0.191 e. The maximum atomic E-state index is 9.78. The topological polar surface area (TPSA) is 83.0 Å². The van der Waals surface area contributed by atoms with Crippen LogP contribution in [0.15, 0.2) is 65.8 Å². The summed E-state index contributed by atoms with van der Waals surface area (Å²) in [7, 11) is 0. The zero-order valence-electron chi connectivity index (χ0n) is 18.7. The first-order valence-corrected chi connectivity index (χ1v) is 12.9. The molecule has 2 heterocycles. The summed E-state index contributed by atoms with van der Waals surface area (Å²) in [5.41, 5.74) is 2.76. The van der Waals surface area contributed by atoms with Crippen LogP contribution in [-0.4, -0.2) is 38.2 Å². The van der Waals surface area contributed by atoms with Crippen LogP contribution in [0.1, 0.15) is 37.3 Å². The van der Waals surface area contributed by atoms with Gasteiger partial charge in [0.15, 0.2) is 21.8 Å². The van der Waals surface area contributed by atoms with Crippen molar-refractivity contribution < 1.29 is 5.11 Å². The second-order valence-corrected chi connectivity index (χ2v) is 10.9. The summed E-state index contributed by atoms with van der Waals surface area (Å²) < 4.78 is 0.903. The van der Waals surface area contributed by atoms with Gasteiger partial charge in [0.25, 0.3) is 0 Å². The number of thioether (sulfide) groups is 1. The fourth-order valence-electron chi connectivity index (χ4n) is 3.68. The molecule has 6 nitrogen and oxygen atoms in total. The van der Waals surface area contributed by atoms with Crippen LogP contribution in [0, 0.1) is 0 Å². The monoisotopic (exact) mass is 477 g/mol. The van der Waals surface area contributed by atoms with E-state index in [1.807, 2.05) is 32.0 Å². The second kappa shape index (κ2) is 9.29. The molecule has 0 amide bonds. The van der Waals surface area contributed by atoms with E-state index in [9.17, 15) is 5.11 Å². The summed E-state index contributed by atoms with van der Waals surface area (Å²) in [6.45, 7) is 3.90. The average molecular weight is 478 g/mol. The number of hydrogen-bond donors (Lipinski definition) is 3. The van der Waals surface area contributed by atoms with Gasteiger partial charge in [-0.1, -0.05) is 83.8 Å². The van der Waals surface area contributed by atoms with Crippen LogP contribution < -0.4 is 10.6 Å². The Bertz CT molecular complexity index is 1230. The number of aromatic nitrogens is 3. The van der Waals surface area contributed by atoms with E-state index in [0.717, 1.165) is 27.8 Å². The van der Waals surface area contributed by atoms with Crippen LogP contribution in [0.3, 0.4) is 0 Å². The van der Waals surface area contributed by atoms with Gasteiger partial charge in [-0.25, -0.2) is 9.97 Å². The van der Waals surface area contributed by atoms with Crippen molar-refractivity contribution in [1.82, 2.24) is 15.0 Å². The van der Waals surface area contributed by atoms with Crippen molar-refractivity contribution in [3.8, 4) is 0 Å². The van der Waals surface area contributed by atoms with Crippen molar-refractivity contribution in [2.24, 2.45) is 0 Å². The fourth-order valence-corrected chi connectivity index (χ4v) is 5.39. The number of aliphatic hydroxyl groups is 1. The number of thiazole rings is 1. The molecule has 0 radical (unpaired) electrons. The molecule has 8 heteroatoms. The van der Waals surface area contributed by atoms with E-state index >= 15 is 0 Å². The van der Waals surface area contributed by atoms with Crippen LogP contribution in [0.2, 0.25) is 0 Å². The summed E-state index contributed by atoms with van der Waals surface area (Å²) in [4.78, 5) is 14.3. The Kier molecular flexibility index (Phi) is 6.23. The van der Waals surface area contributed by atoms with Gasteiger partial charge in [0.05, 0.1) is 12.1 Å². The molecule has 170 valence electrons. The molecule has 1 aliphatic rings. The first kappa shape index (κ1) is 22.1. The van der Waals surface area contributed by atoms with E-state index in [-0.39, 0.29) is 6.61 Å². The van der Waals surface area contributed by atoms with E-state index < -0.39 is 5.54 Å². The quantitative estimate of drug-likeness (QED) is 0.216. The number of nitrogens with one attached hydrogen (secondary N) is 2. The summed E-state index contributed by atoms with van der Waals surface area (Å²) >= 11 is 3.15. The second-order valence-electron chi connectivity index (χ2n) is 8.97. The Hall–Kier alpha value is -2.68. The van der Waals surface area contributed by atoms with Crippen molar-refractivity contribution in [3.05, 3.63) is 71.8 Å². The molecule has 33 heavy (non-hydrogen) atoms. The van der Waals surface area contributed by atoms with Crippen LogP contribution in [-0.2, 0) is 5.75 Å².